The molecule has 0 aliphatic carbocycles. The first kappa shape index (κ1) is 15.4. The second kappa shape index (κ2) is 6.76. The first-order valence-corrected chi connectivity index (χ1v) is 7.66. The van der Waals surface area contributed by atoms with Gasteiger partial charge in [-0.25, -0.2) is 0 Å². The van der Waals surface area contributed by atoms with E-state index in [1.54, 1.807) is 6.21 Å². The van der Waals surface area contributed by atoms with Gasteiger partial charge in [0.2, 0.25) is 0 Å². The number of benzene rings is 1. The minimum Gasteiger partial charge on any atom is -0.398 e. The molecule has 7 nitrogen and oxygen atoms in total. The Labute approximate surface area is 139 Å². The molecular weight excluding hydrogens is 312 g/mol. The van der Waals surface area contributed by atoms with E-state index in [4.69, 9.17) is 28.4 Å². The number of pyridine rings is 1. The van der Waals surface area contributed by atoms with Crippen molar-refractivity contribution in [2.24, 2.45) is 10.8 Å². The molecule has 0 saturated carbocycles. The lowest BCUT2D eigenvalue weighted by Gasteiger charge is -2.30. The second-order valence-corrected chi connectivity index (χ2v) is 5.57. The third-order valence-electron chi connectivity index (χ3n) is 3.67. The molecule has 120 valence electrons. The largest absolute Gasteiger partial charge is 0.398 e. The van der Waals surface area contributed by atoms with Crippen LogP contribution in [0.3, 0.4) is 0 Å². The molecule has 0 atom stereocenters. The minimum absolute atomic E-state index is 0.106. The Bertz CT molecular complexity index is 757. The number of anilines is 2. The van der Waals surface area contributed by atoms with Crippen molar-refractivity contribution in [3.63, 3.8) is 0 Å². The summed E-state index contributed by atoms with van der Waals surface area (Å²) in [6, 6.07) is 5.77. The summed E-state index contributed by atoms with van der Waals surface area (Å²) >= 11 is 4.73. The van der Waals surface area contributed by atoms with E-state index in [-0.39, 0.29) is 5.11 Å². The molecule has 2 aromatic rings. The standard InChI is InChI=1S/C15H18N6OS/c16-11-3-1-2-10-12(8-19-20-15(17)23)18-9-13(14(10)11)21-4-6-22-7-5-21/h1-3,8-9H,4-7,16H2,(H3,17,20,23)/b19-8+. The first-order chi connectivity index (χ1) is 11.2. The number of ether oxygens (including phenoxy) is 1. The van der Waals surface area contributed by atoms with Gasteiger partial charge in [-0.15, -0.1) is 0 Å². The molecule has 1 aliphatic heterocycles. The summed E-state index contributed by atoms with van der Waals surface area (Å²) in [5.41, 5.74) is 16.5. The van der Waals surface area contributed by atoms with E-state index in [9.17, 15) is 0 Å². The van der Waals surface area contributed by atoms with E-state index in [0.717, 1.165) is 29.5 Å². The van der Waals surface area contributed by atoms with Crippen molar-refractivity contribution in [1.29, 1.82) is 0 Å². The van der Waals surface area contributed by atoms with Crippen molar-refractivity contribution in [2.45, 2.75) is 0 Å². The highest BCUT2D eigenvalue weighted by Crippen LogP contribution is 2.32. The normalized spacial score (nSPS) is 15.2. The number of aromatic nitrogens is 1. The molecule has 1 aromatic carbocycles. The highest BCUT2D eigenvalue weighted by molar-refractivity contribution is 7.80. The topological polar surface area (TPSA) is 102 Å². The maximum Gasteiger partial charge on any atom is 0.184 e. The smallest absolute Gasteiger partial charge is 0.184 e. The number of nitrogens with one attached hydrogen (secondary N) is 1. The highest BCUT2D eigenvalue weighted by Gasteiger charge is 2.17. The van der Waals surface area contributed by atoms with Gasteiger partial charge >= 0.3 is 0 Å². The Morgan fingerprint density at radius 3 is 2.91 bits per heavy atom. The number of rotatable bonds is 3. The summed E-state index contributed by atoms with van der Waals surface area (Å²) in [6.45, 7) is 3.05. The summed E-state index contributed by atoms with van der Waals surface area (Å²) < 4.78 is 5.42. The highest BCUT2D eigenvalue weighted by atomic mass is 32.1. The van der Waals surface area contributed by atoms with E-state index < -0.39 is 0 Å². The third-order valence-corrected chi connectivity index (χ3v) is 3.76. The SMILES string of the molecule is NC(=S)N/N=C/c1ncc(N2CCOCC2)c2c(N)cccc12. The predicted octanol–water partition coefficient (Wildman–Crippen LogP) is 0.821. The van der Waals surface area contributed by atoms with E-state index >= 15 is 0 Å². The maximum absolute atomic E-state index is 6.22. The summed E-state index contributed by atoms with van der Waals surface area (Å²) in [7, 11) is 0. The number of hydrogen-bond acceptors (Lipinski definition) is 6. The van der Waals surface area contributed by atoms with Gasteiger partial charge in [0, 0.05) is 29.5 Å². The van der Waals surface area contributed by atoms with Gasteiger partial charge in [0.15, 0.2) is 5.11 Å². The number of morpholine rings is 1. The zero-order valence-corrected chi connectivity index (χ0v) is 13.3. The van der Waals surface area contributed by atoms with E-state index in [1.807, 2.05) is 24.4 Å². The van der Waals surface area contributed by atoms with Gasteiger partial charge in [-0.05, 0) is 18.3 Å². The molecule has 0 bridgehead atoms. The fourth-order valence-electron chi connectivity index (χ4n) is 2.64. The Morgan fingerprint density at radius 1 is 1.39 bits per heavy atom. The summed E-state index contributed by atoms with van der Waals surface area (Å²) in [4.78, 5) is 6.75. The minimum atomic E-state index is 0.106. The Kier molecular flexibility index (Phi) is 4.54. The zero-order chi connectivity index (χ0) is 16.2. The fraction of sp³-hybridized carbons (Fsp3) is 0.267. The number of hydrogen-bond donors (Lipinski definition) is 3. The van der Waals surface area contributed by atoms with Gasteiger partial charge in [-0.3, -0.25) is 10.4 Å². The van der Waals surface area contributed by atoms with Gasteiger partial charge < -0.3 is 21.1 Å². The van der Waals surface area contributed by atoms with Crippen LogP contribution >= 0.6 is 12.2 Å². The Morgan fingerprint density at radius 2 is 2.17 bits per heavy atom. The van der Waals surface area contributed by atoms with Crippen molar-refractivity contribution in [3.05, 3.63) is 30.1 Å². The van der Waals surface area contributed by atoms with Crippen molar-refractivity contribution < 1.29 is 4.74 Å². The third kappa shape index (κ3) is 3.33. The molecule has 1 fully saturated rings. The lowest BCUT2D eigenvalue weighted by Crippen LogP contribution is -2.36. The molecular formula is C15H18N6OS. The number of nitrogens with zero attached hydrogens (tertiary/aromatic N) is 3. The molecule has 1 aromatic heterocycles. The predicted molar refractivity (Wildman–Crippen MR) is 96.7 cm³/mol. The Balaban J connectivity index is 2.06. The van der Waals surface area contributed by atoms with Gasteiger partial charge in [0.25, 0.3) is 0 Å². The van der Waals surface area contributed by atoms with Crippen LogP contribution in [-0.2, 0) is 4.74 Å². The summed E-state index contributed by atoms with van der Waals surface area (Å²) in [5, 5.41) is 6.00. The molecule has 0 radical (unpaired) electrons. The van der Waals surface area contributed by atoms with Crippen LogP contribution in [0.25, 0.3) is 10.8 Å². The van der Waals surface area contributed by atoms with Crippen molar-refractivity contribution in [1.82, 2.24) is 10.4 Å². The number of hydrazone groups is 1. The number of thiocarbonyl (C=S) groups is 1. The van der Waals surface area contributed by atoms with Crippen molar-refractivity contribution in [3.8, 4) is 0 Å². The molecule has 1 aliphatic rings. The molecule has 2 heterocycles. The second-order valence-electron chi connectivity index (χ2n) is 5.13. The van der Waals surface area contributed by atoms with Gasteiger partial charge in [0.05, 0.1) is 37.0 Å². The molecule has 0 unspecified atom stereocenters. The van der Waals surface area contributed by atoms with E-state index in [0.29, 0.717) is 24.6 Å². The average Bonchev–Trinajstić information content (AvgIpc) is 2.56. The lowest BCUT2D eigenvalue weighted by atomic mass is 10.1. The molecule has 3 rings (SSSR count). The number of nitrogen functional groups attached to an aromatic ring is 1. The van der Waals surface area contributed by atoms with E-state index in [2.05, 4.69) is 20.4 Å². The molecule has 0 spiro atoms. The maximum atomic E-state index is 6.22. The van der Waals surface area contributed by atoms with Gasteiger partial charge in [-0.1, -0.05) is 12.1 Å². The Hall–Kier alpha value is -2.45. The monoisotopic (exact) mass is 330 g/mol. The van der Waals surface area contributed by atoms with Crippen LogP contribution in [0.1, 0.15) is 5.69 Å². The zero-order valence-electron chi connectivity index (χ0n) is 12.5. The van der Waals surface area contributed by atoms with Crippen molar-refractivity contribution in [2.75, 3.05) is 36.9 Å². The average molecular weight is 330 g/mol. The molecule has 5 N–H and O–H groups in total. The van der Waals surface area contributed by atoms with Gasteiger partial charge in [0.1, 0.15) is 0 Å². The lowest BCUT2D eigenvalue weighted by molar-refractivity contribution is 0.123. The van der Waals surface area contributed by atoms with Crippen molar-refractivity contribution >= 4 is 45.7 Å². The molecule has 0 amide bonds. The van der Waals surface area contributed by atoms with Crippen LogP contribution in [0.15, 0.2) is 29.5 Å². The first-order valence-electron chi connectivity index (χ1n) is 7.25. The summed E-state index contributed by atoms with van der Waals surface area (Å²) in [5.74, 6) is 0. The molecule has 23 heavy (non-hydrogen) atoms. The molecule has 8 heteroatoms. The number of nitrogens with two attached hydrogens (primary N) is 2. The van der Waals surface area contributed by atoms with Crippen LogP contribution in [0.5, 0.6) is 0 Å². The van der Waals surface area contributed by atoms with Crippen LogP contribution < -0.4 is 21.8 Å². The molecule has 1 saturated heterocycles. The quantitative estimate of drug-likeness (QED) is 0.331. The fourth-order valence-corrected chi connectivity index (χ4v) is 2.69. The van der Waals surface area contributed by atoms with Crippen LogP contribution in [0, 0.1) is 0 Å². The van der Waals surface area contributed by atoms with Crippen LogP contribution in [0.2, 0.25) is 0 Å². The van der Waals surface area contributed by atoms with E-state index in [1.165, 1.54) is 0 Å². The summed E-state index contributed by atoms with van der Waals surface area (Å²) in [6.07, 6.45) is 3.41. The number of fused-ring (bicyclic) bond motifs is 1. The van der Waals surface area contributed by atoms with Crippen LogP contribution in [0.4, 0.5) is 11.4 Å². The van der Waals surface area contributed by atoms with Crippen LogP contribution in [-0.4, -0.2) is 42.6 Å². The van der Waals surface area contributed by atoms with Gasteiger partial charge in [-0.2, -0.15) is 5.10 Å².